The summed E-state index contributed by atoms with van der Waals surface area (Å²) in [5.41, 5.74) is -1.77. The van der Waals surface area contributed by atoms with Crippen LogP contribution in [0, 0.1) is 0 Å². The van der Waals surface area contributed by atoms with Crippen LogP contribution in [-0.4, -0.2) is 18.4 Å². The minimum Gasteiger partial charge on any atom is -0.236 e. The number of benzene rings is 1. The number of para-hydroxylation sites is 1. The van der Waals surface area contributed by atoms with Crippen LogP contribution in [0.25, 0.3) is 20.1 Å². The summed E-state index contributed by atoms with van der Waals surface area (Å²) in [5, 5.41) is 3.95. The molecule has 24 heavy (non-hydrogen) atoms. The minimum absolute atomic E-state index is 0.0948. The Morgan fingerprint density at radius 3 is 2.62 bits per heavy atom. The normalized spacial score (nSPS) is 13.4. The first kappa shape index (κ1) is 15.8. The van der Waals surface area contributed by atoms with E-state index in [-0.39, 0.29) is 10.0 Å². The smallest absolute Gasteiger partial charge is 0.236 e. The molecule has 1 unspecified atom stereocenters. The first-order chi connectivity index (χ1) is 11.6. The highest BCUT2D eigenvalue weighted by Crippen LogP contribution is 2.37. The fourth-order valence-electron chi connectivity index (χ4n) is 2.12. The van der Waals surface area contributed by atoms with E-state index < -0.39 is 15.3 Å². The fourth-order valence-corrected chi connectivity index (χ4v) is 6.38. The number of thiophene rings is 1. The molecule has 0 aliphatic rings. The standard InChI is InChI=1S/C15H9FN2O2S4/c16-13(10-8-22-14(17-10)12-6-3-7-21-12)24(19,20)15-18-9-4-1-2-5-11(9)23-15/h1-8,13H. The van der Waals surface area contributed by atoms with Crippen molar-refractivity contribution in [3.8, 4) is 9.88 Å². The number of nitrogens with zero attached hydrogens (tertiary/aromatic N) is 2. The zero-order valence-electron chi connectivity index (χ0n) is 11.9. The van der Waals surface area contributed by atoms with Crippen molar-refractivity contribution in [2.75, 3.05) is 0 Å². The second-order valence-corrected chi connectivity index (χ2v) is 9.85. The van der Waals surface area contributed by atoms with E-state index in [1.165, 1.54) is 28.1 Å². The van der Waals surface area contributed by atoms with Crippen LogP contribution in [0.3, 0.4) is 0 Å². The number of halogens is 1. The lowest BCUT2D eigenvalue weighted by Crippen LogP contribution is -2.09. The number of fused-ring (bicyclic) bond motifs is 1. The summed E-state index contributed by atoms with van der Waals surface area (Å²) in [5.74, 6) is 0. The maximum Gasteiger partial charge on any atom is 0.250 e. The molecule has 0 saturated carbocycles. The van der Waals surface area contributed by atoms with Gasteiger partial charge in [-0.15, -0.1) is 34.0 Å². The van der Waals surface area contributed by atoms with Crippen molar-refractivity contribution in [3.05, 3.63) is 52.9 Å². The van der Waals surface area contributed by atoms with Crippen LogP contribution < -0.4 is 0 Å². The van der Waals surface area contributed by atoms with Crippen LogP contribution in [-0.2, 0) is 9.84 Å². The molecule has 4 rings (SSSR count). The minimum atomic E-state index is -4.22. The van der Waals surface area contributed by atoms with Gasteiger partial charge in [0, 0.05) is 5.38 Å². The highest BCUT2D eigenvalue weighted by atomic mass is 32.2. The molecular weight excluding hydrogens is 387 g/mol. The van der Waals surface area contributed by atoms with Crippen LogP contribution in [0.2, 0.25) is 0 Å². The van der Waals surface area contributed by atoms with Crippen LogP contribution >= 0.6 is 34.0 Å². The van der Waals surface area contributed by atoms with E-state index >= 15 is 0 Å². The van der Waals surface area contributed by atoms with Crippen molar-refractivity contribution in [2.45, 2.75) is 9.84 Å². The molecule has 122 valence electrons. The van der Waals surface area contributed by atoms with Gasteiger partial charge in [-0.2, -0.15) is 0 Å². The Hall–Kier alpha value is -1.68. The number of alkyl halides is 1. The Balaban J connectivity index is 1.71. The Bertz CT molecular complexity index is 1070. The van der Waals surface area contributed by atoms with Crippen molar-refractivity contribution >= 4 is 54.1 Å². The van der Waals surface area contributed by atoms with Crippen molar-refractivity contribution < 1.29 is 12.8 Å². The zero-order chi connectivity index (χ0) is 16.7. The highest BCUT2D eigenvalue weighted by molar-refractivity contribution is 7.93. The third-order valence-corrected chi connectivity index (χ3v) is 8.32. The summed E-state index contributed by atoms with van der Waals surface area (Å²) in [4.78, 5) is 9.09. The average Bonchev–Trinajstić information content (AvgIpc) is 3.32. The van der Waals surface area contributed by atoms with E-state index in [1.807, 2.05) is 17.5 Å². The number of aromatic nitrogens is 2. The molecular formula is C15H9FN2O2S4. The second-order valence-electron chi connectivity index (χ2n) is 4.86. The molecule has 4 aromatic rings. The average molecular weight is 397 g/mol. The summed E-state index contributed by atoms with van der Waals surface area (Å²) in [6, 6.07) is 10.7. The van der Waals surface area contributed by atoms with Gasteiger partial charge < -0.3 is 0 Å². The first-order valence-electron chi connectivity index (χ1n) is 6.78. The topological polar surface area (TPSA) is 59.9 Å². The van der Waals surface area contributed by atoms with Crippen LogP contribution in [0.5, 0.6) is 0 Å². The lowest BCUT2D eigenvalue weighted by atomic mass is 10.3. The van der Waals surface area contributed by atoms with E-state index in [0.29, 0.717) is 15.2 Å². The van der Waals surface area contributed by atoms with Crippen LogP contribution in [0.1, 0.15) is 11.2 Å². The van der Waals surface area contributed by atoms with Crippen molar-refractivity contribution in [1.29, 1.82) is 0 Å². The molecule has 0 bridgehead atoms. The van der Waals surface area contributed by atoms with E-state index in [9.17, 15) is 12.8 Å². The SMILES string of the molecule is O=S(=O)(c1nc2ccccc2s1)C(F)c1csc(-c2cccs2)n1. The fraction of sp³-hybridized carbons (Fsp3) is 0.0667. The van der Waals surface area contributed by atoms with Gasteiger partial charge >= 0.3 is 0 Å². The summed E-state index contributed by atoms with van der Waals surface area (Å²) in [7, 11) is -4.22. The van der Waals surface area contributed by atoms with Gasteiger partial charge in [-0.05, 0) is 23.6 Å². The summed E-state index contributed by atoms with van der Waals surface area (Å²) in [6.45, 7) is 0. The molecule has 0 radical (unpaired) electrons. The highest BCUT2D eigenvalue weighted by Gasteiger charge is 2.34. The Labute approximate surface area is 149 Å². The van der Waals surface area contributed by atoms with E-state index in [4.69, 9.17) is 0 Å². The summed E-state index contributed by atoms with van der Waals surface area (Å²) >= 11 is 3.67. The monoisotopic (exact) mass is 396 g/mol. The predicted octanol–water partition coefficient (Wildman–Crippen LogP) is 4.92. The number of sulfone groups is 1. The van der Waals surface area contributed by atoms with E-state index in [1.54, 1.807) is 24.3 Å². The van der Waals surface area contributed by atoms with Crippen molar-refractivity contribution in [2.24, 2.45) is 0 Å². The van der Waals surface area contributed by atoms with Gasteiger partial charge in [0.25, 0.3) is 0 Å². The Kier molecular flexibility index (Phi) is 3.95. The summed E-state index contributed by atoms with van der Waals surface area (Å²) < 4.78 is 40.3. The molecule has 4 nitrogen and oxygen atoms in total. The number of thiazole rings is 2. The molecule has 0 saturated heterocycles. The lowest BCUT2D eigenvalue weighted by molar-refractivity contribution is 0.425. The van der Waals surface area contributed by atoms with Gasteiger partial charge in [-0.3, -0.25) is 0 Å². The number of hydrogen-bond acceptors (Lipinski definition) is 7. The van der Waals surface area contributed by atoms with Gasteiger partial charge in [0.2, 0.25) is 19.7 Å². The molecule has 9 heteroatoms. The van der Waals surface area contributed by atoms with Gasteiger partial charge in [-0.25, -0.2) is 22.8 Å². The molecule has 3 heterocycles. The van der Waals surface area contributed by atoms with Crippen molar-refractivity contribution in [3.63, 3.8) is 0 Å². The molecule has 0 spiro atoms. The molecule has 1 aromatic carbocycles. The molecule has 0 fully saturated rings. The van der Waals surface area contributed by atoms with Crippen molar-refractivity contribution in [1.82, 2.24) is 9.97 Å². The van der Waals surface area contributed by atoms with Gasteiger partial charge in [0.15, 0.2) is 0 Å². The largest absolute Gasteiger partial charge is 0.250 e. The molecule has 0 N–H and O–H groups in total. The third kappa shape index (κ3) is 2.67. The quantitative estimate of drug-likeness (QED) is 0.491. The van der Waals surface area contributed by atoms with Gasteiger partial charge in [0.1, 0.15) is 10.7 Å². The lowest BCUT2D eigenvalue weighted by Gasteiger charge is -2.04. The zero-order valence-corrected chi connectivity index (χ0v) is 15.2. The maximum atomic E-state index is 14.7. The summed E-state index contributed by atoms with van der Waals surface area (Å²) in [6.07, 6.45) is 0. The number of rotatable bonds is 4. The van der Waals surface area contributed by atoms with E-state index in [2.05, 4.69) is 9.97 Å². The maximum absolute atomic E-state index is 14.7. The molecule has 0 aliphatic heterocycles. The van der Waals surface area contributed by atoms with Crippen LogP contribution in [0.4, 0.5) is 4.39 Å². The second kappa shape index (κ2) is 5.99. The Morgan fingerprint density at radius 2 is 1.88 bits per heavy atom. The van der Waals surface area contributed by atoms with Gasteiger partial charge in [-0.1, -0.05) is 18.2 Å². The number of hydrogen-bond donors (Lipinski definition) is 0. The molecule has 1 atom stereocenters. The molecule has 0 aliphatic carbocycles. The third-order valence-electron chi connectivity index (χ3n) is 3.28. The predicted molar refractivity (Wildman–Crippen MR) is 96.1 cm³/mol. The Morgan fingerprint density at radius 1 is 1.04 bits per heavy atom. The van der Waals surface area contributed by atoms with E-state index in [0.717, 1.165) is 16.2 Å². The van der Waals surface area contributed by atoms with Crippen LogP contribution in [0.15, 0.2) is 51.5 Å². The molecule has 3 aromatic heterocycles. The molecule has 0 amide bonds. The van der Waals surface area contributed by atoms with Gasteiger partial charge in [0.05, 0.1) is 15.1 Å². The first-order valence-corrected chi connectivity index (χ1v) is 10.9.